The number of carboxylic acid groups (broad SMARTS) is 1. The van der Waals surface area contributed by atoms with E-state index in [1.54, 1.807) is 12.4 Å². The SMILES string of the molecule is CN(Cc1cnc(NCC(=O)O)nc1)[C@@H]1CCOC(C)(C)C1. The average molecular weight is 308 g/mol. The molecule has 1 aliphatic rings. The van der Waals surface area contributed by atoms with Gasteiger partial charge >= 0.3 is 5.97 Å². The summed E-state index contributed by atoms with van der Waals surface area (Å²) in [5, 5.41) is 11.2. The van der Waals surface area contributed by atoms with Gasteiger partial charge in [0.15, 0.2) is 0 Å². The average Bonchev–Trinajstić information content (AvgIpc) is 2.45. The van der Waals surface area contributed by atoms with Gasteiger partial charge in [-0.05, 0) is 33.7 Å². The minimum absolute atomic E-state index is 0.0711. The van der Waals surface area contributed by atoms with Crippen molar-refractivity contribution >= 4 is 11.9 Å². The Hall–Kier alpha value is -1.73. The molecule has 1 aliphatic heterocycles. The lowest BCUT2D eigenvalue weighted by Crippen LogP contribution is -2.44. The van der Waals surface area contributed by atoms with Crippen molar-refractivity contribution in [3.8, 4) is 0 Å². The first-order valence-electron chi connectivity index (χ1n) is 7.46. The largest absolute Gasteiger partial charge is 0.480 e. The number of aliphatic carboxylic acids is 1. The Balaban J connectivity index is 1.88. The zero-order valence-electron chi connectivity index (χ0n) is 13.4. The molecule has 0 amide bonds. The molecule has 0 spiro atoms. The van der Waals surface area contributed by atoms with Crippen LogP contribution < -0.4 is 5.32 Å². The predicted molar refractivity (Wildman–Crippen MR) is 82.7 cm³/mol. The molecule has 0 aromatic carbocycles. The fourth-order valence-corrected chi connectivity index (χ4v) is 2.68. The molecule has 0 saturated carbocycles. The van der Waals surface area contributed by atoms with Crippen molar-refractivity contribution < 1.29 is 14.6 Å². The number of carbonyl (C=O) groups is 1. The van der Waals surface area contributed by atoms with E-state index >= 15 is 0 Å². The van der Waals surface area contributed by atoms with Gasteiger partial charge in [-0.2, -0.15) is 0 Å². The summed E-state index contributed by atoms with van der Waals surface area (Å²) in [6.07, 6.45) is 5.50. The topological polar surface area (TPSA) is 87.6 Å². The number of ether oxygens (including phenoxy) is 1. The maximum absolute atomic E-state index is 10.5. The lowest BCUT2D eigenvalue weighted by molar-refractivity contribution is -0.134. The summed E-state index contributed by atoms with van der Waals surface area (Å²) in [5.41, 5.74) is 0.936. The highest BCUT2D eigenvalue weighted by molar-refractivity contribution is 5.71. The molecule has 7 heteroatoms. The van der Waals surface area contributed by atoms with Crippen molar-refractivity contribution in [3.05, 3.63) is 18.0 Å². The van der Waals surface area contributed by atoms with Crippen LogP contribution in [0.5, 0.6) is 0 Å². The van der Waals surface area contributed by atoms with E-state index in [9.17, 15) is 4.79 Å². The van der Waals surface area contributed by atoms with Crippen LogP contribution in [0, 0.1) is 0 Å². The van der Waals surface area contributed by atoms with E-state index in [0.717, 1.165) is 31.6 Å². The molecule has 2 rings (SSSR count). The van der Waals surface area contributed by atoms with Crippen LogP contribution in [-0.2, 0) is 16.1 Å². The maximum atomic E-state index is 10.5. The smallest absolute Gasteiger partial charge is 0.322 e. The first kappa shape index (κ1) is 16.6. The molecule has 0 aliphatic carbocycles. The van der Waals surface area contributed by atoms with E-state index in [0.29, 0.717) is 12.0 Å². The number of anilines is 1. The van der Waals surface area contributed by atoms with Crippen molar-refractivity contribution in [2.45, 2.75) is 44.9 Å². The van der Waals surface area contributed by atoms with Gasteiger partial charge in [-0.1, -0.05) is 0 Å². The molecule has 1 saturated heterocycles. The van der Waals surface area contributed by atoms with E-state index in [1.807, 2.05) is 0 Å². The zero-order valence-corrected chi connectivity index (χ0v) is 13.4. The van der Waals surface area contributed by atoms with E-state index in [-0.39, 0.29) is 12.1 Å². The fraction of sp³-hybridized carbons (Fsp3) is 0.667. The van der Waals surface area contributed by atoms with Crippen LogP contribution in [0.25, 0.3) is 0 Å². The Labute approximate surface area is 130 Å². The number of carboxylic acids is 1. The molecular formula is C15H24N4O3. The molecule has 1 aromatic rings. The van der Waals surface area contributed by atoms with Gasteiger partial charge < -0.3 is 15.2 Å². The summed E-state index contributed by atoms with van der Waals surface area (Å²) in [6, 6.07) is 0.480. The third kappa shape index (κ3) is 4.92. The lowest BCUT2D eigenvalue weighted by Gasteiger charge is -2.39. The number of nitrogens with zero attached hydrogens (tertiary/aromatic N) is 3. The summed E-state index contributed by atoms with van der Waals surface area (Å²) in [7, 11) is 2.10. The standard InChI is InChI=1S/C15H24N4O3/c1-15(2)6-12(4-5-22-15)19(3)10-11-7-16-14(17-8-11)18-9-13(20)21/h7-8,12H,4-6,9-10H2,1-3H3,(H,20,21)(H,16,17,18)/t12-/m1/s1. The van der Waals surface area contributed by atoms with Crippen LogP contribution in [0.2, 0.25) is 0 Å². The number of nitrogens with one attached hydrogen (secondary N) is 1. The Morgan fingerprint density at radius 1 is 1.50 bits per heavy atom. The van der Waals surface area contributed by atoms with Gasteiger partial charge in [-0.3, -0.25) is 9.69 Å². The second kappa shape index (κ2) is 7.02. The number of hydrogen-bond donors (Lipinski definition) is 2. The van der Waals surface area contributed by atoms with Crippen molar-refractivity contribution in [3.63, 3.8) is 0 Å². The summed E-state index contributed by atoms with van der Waals surface area (Å²) in [5.74, 6) is -0.601. The van der Waals surface area contributed by atoms with E-state index in [1.165, 1.54) is 0 Å². The molecule has 0 unspecified atom stereocenters. The highest BCUT2D eigenvalue weighted by Gasteiger charge is 2.30. The second-order valence-electron chi connectivity index (χ2n) is 6.33. The third-order valence-electron chi connectivity index (χ3n) is 3.83. The van der Waals surface area contributed by atoms with Gasteiger partial charge in [0.25, 0.3) is 0 Å². The summed E-state index contributed by atoms with van der Waals surface area (Å²) < 4.78 is 5.75. The lowest BCUT2D eigenvalue weighted by atomic mass is 9.93. The summed E-state index contributed by atoms with van der Waals surface area (Å²) >= 11 is 0. The molecule has 1 fully saturated rings. The molecule has 1 atom stereocenters. The number of rotatable bonds is 6. The van der Waals surface area contributed by atoms with E-state index in [4.69, 9.17) is 9.84 Å². The van der Waals surface area contributed by atoms with Gasteiger partial charge in [0.1, 0.15) is 6.54 Å². The van der Waals surface area contributed by atoms with Gasteiger partial charge in [-0.15, -0.1) is 0 Å². The Morgan fingerprint density at radius 2 is 2.18 bits per heavy atom. The molecule has 2 N–H and O–H groups in total. The fourth-order valence-electron chi connectivity index (χ4n) is 2.68. The van der Waals surface area contributed by atoms with Crippen LogP contribution in [0.15, 0.2) is 12.4 Å². The van der Waals surface area contributed by atoms with E-state index < -0.39 is 5.97 Å². The quantitative estimate of drug-likeness (QED) is 0.820. The van der Waals surface area contributed by atoms with Crippen LogP contribution in [0.1, 0.15) is 32.3 Å². The summed E-state index contributed by atoms with van der Waals surface area (Å²) in [6.45, 7) is 5.62. The molecule has 1 aromatic heterocycles. The molecule has 0 bridgehead atoms. The van der Waals surface area contributed by atoms with Crippen LogP contribution in [0.4, 0.5) is 5.95 Å². The normalized spacial score (nSPS) is 20.8. The van der Waals surface area contributed by atoms with Crippen molar-refractivity contribution in [2.75, 3.05) is 25.5 Å². The van der Waals surface area contributed by atoms with Crippen LogP contribution in [0.3, 0.4) is 0 Å². The van der Waals surface area contributed by atoms with Crippen molar-refractivity contribution in [1.82, 2.24) is 14.9 Å². The first-order valence-corrected chi connectivity index (χ1v) is 7.46. The van der Waals surface area contributed by atoms with Gasteiger partial charge in [0.2, 0.25) is 5.95 Å². The van der Waals surface area contributed by atoms with E-state index in [2.05, 4.69) is 41.1 Å². The molecule has 0 radical (unpaired) electrons. The Morgan fingerprint density at radius 3 is 2.77 bits per heavy atom. The molecule has 7 nitrogen and oxygen atoms in total. The third-order valence-corrected chi connectivity index (χ3v) is 3.83. The highest BCUT2D eigenvalue weighted by atomic mass is 16.5. The molecule has 2 heterocycles. The molecule has 122 valence electrons. The van der Waals surface area contributed by atoms with Gasteiger partial charge in [0.05, 0.1) is 5.60 Å². The Bertz CT molecular complexity index is 504. The summed E-state index contributed by atoms with van der Waals surface area (Å²) in [4.78, 5) is 21.1. The minimum atomic E-state index is -0.936. The minimum Gasteiger partial charge on any atom is -0.480 e. The van der Waals surface area contributed by atoms with Gasteiger partial charge in [0, 0.05) is 37.2 Å². The van der Waals surface area contributed by atoms with Crippen LogP contribution >= 0.6 is 0 Å². The number of aromatic nitrogens is 2. The second-order valence-corrected chi connectivity index (χ2v) is 6.33. The first-order chi connectivity index (χ1) is 10.4. The monoisotopic (exact) mass is 308 g/mol. The van der Waals surface area contributed by atoms with Crippen molar-refractivity contribution in [1.29, 1.82) is 0 Å². The Kier molecular flexibility index (Phi) is 5.31. The highest BCUT2D eigenvalue weighted by Crippen LogP contribution is 2.27. The van der Waals surface area contributed by atoms with Gasteiger partial charge in [-0.25, -0.2) is 9.97 Å². The van der Waals surface area contributed by atoms with Crippen molar-refractivity contribution in [2.24, 2.45) is 0 Å². The number of hydrogen-bond acceptors (Lipinski definition) is 6. The van der Waals surface area contributed by atoms with Crippen LogP contribution in [-0.4, -0.2) is 57.8 Å². The molecular weight excluding hydrogens is 284 g/mol. The molecule has 22 heavy (non-hydrogen) atoms. The zero-order chi connectivity index (χ0) is 16.2. The predicted octanol–water partition coefficient (Wildman–Crippen LogP) is 1.36. The maximum Gasteiger partial charge on any atom is 0.322 e.